The average Bonchev–Trinajstić information content (AvgIpc) is 1.95. The van der Waals surface area contributed by atoms with Gasteiger partial charge in [0.2, 0.25) is 5.02 Å². The van der Waals surface area contributed by atoms with Crippen molar-refractivity contribution < 1.29 is 11.6 Å². The molecule has 0 atom stereocenters. The molecule has 0 heterocycles. The lowest BCUT2D eigenvalue weighted by molar-refractivity contribution is -0.287. The maximum Gasteiger partial charge on any atom is 0.236 e. The molecule has 56 valence electrons. The zero-order valence-electron chi connectivity index (χ0n) is 5.36. The molecule has 1 aromatic rings. The summed E-state index contributed by atoms with van der Waals surface area (Å²) in [5.74, 6) is 0. The van der Waals surface area contributed by atoms with Gasteiger partial charge in [-0.05, 0) is 17.7 Å². The normalized spacial score (nSPS) is 8.91. The summed E-state index contributed by atoms with van der Waals surface area (Å²) in [5.41, 5.74) is 8.53. The van der Waals surface area contributed by atoms with Gasteiger partial charge in [0, 0.05) is 16.0 Å². The molecule has 5 heteroatoms. The van der Waals surface area contributed by atoms with Gasteiger partial charge in [0.05, 0.1) is 0 Å². The Morgan fingerprint density at radius 1 is 1.55 bits per heavy atom. The highest BCUT2D eigenvalue weighted by Gasteiger charge is 2.04. The van der Waals surface area contributed by atoms with Crippen LogP contribution in [-0.4, -0.2) is 0 Å². The molecule has 0 spiro atoms. The van der Waals surface area contributed by atoms with E-state index < -0.39 is 0 Å². The van der Waals surface area contributed by atoms with Crippen molar-refractivity contribution in [2.45, 2.75) is 0 Å². The molecule has 0 aliphatic rings. The zero-order valence-corrected chi connectivity index (χ0v) is 6.93. The molecule has 0 aliphatic carbocycles. The SMILES string of the molecule is [N-]=[N+]=Nc1ccc(Cl)cc1[ClH+]. The first-order chi connectivity index (χ1) is 5.24. The molecule has 0 amide bonds. The van der Waals surface area contributed by atoms with E-state index in [4.69, 9.17) is 28.7 Å². The van der Waals surface area contributed by atoms with E-state index >= 15 is 0 Å². The van der Waals surface area contributed by atoms with Crippen molar-refractivity contribution in [1.82, 2.24) is 0 Å². The monoisotopic (exact) mass is 188 g/mol. The van der Waals surface area contributed by atoms with Gasteiger partial charge in [-0.3, -0.25) is 0 Å². The maximum absolute atomic E-state index is 8.09. The molecule has 1 rings (SSSR count). The van der Waals surface area contributed by atoms with Gasteiger partial charge in [0.25, 0.3) is 0 Å². The van der Waals surface area contributed by atoms with Crippen LogP contribution in [0.3, 0.4) is 0 Å². The molecule has 3 nitrogen and oxygen atoms in total. The van der Waals surface area contributed by atoms with Gasteiger partial charge in [0.1, 0.15) is 5.69 Å². The summed E-state index contributed by atoms with van der Waals surface area (Å²) in [6, 6.07) is 4.78. The van der Waals surface area contributed by atoms with E-state index in [9.17, 15) is 0 Å². The molecule has 0 fully saturated rings. The fourth-order valence-electron chi connectivity index (χ4n) is 0.619. The summed E-state index contributed by atoms with van der Waals surface area (Å²) >= 11 is 10.5. The Hall–Kier alpha value is -0.890. The number of rotatable bonds is 1. The first-order valence-corrected chi connectivity index (χ1v) is 3.54. The largest absolute Gasteiger partial charge is 0.236 e. The van der Waals surface area contributed by atoms with Crippen molar-refractivity contribution in [3.63, 3.8) is 0 Å². The van der Waals surface area contributed by atoms with Crippen LogP contribution >= 0.6 is 11.6 Å². The highest BCUT2D eigenvalue weighted by Crippen LogP contribution is 2.23. The van der Waals surface area contributed by atoms with E-state index in [0.717, 1.165) is 0 Å². The number of hydrogen-bond acceptors (Lipinski definition) is 1. The fraction of sp³-hybridized carbons (Fsp3) is 0. The zero-order chi connectivity index (χ0) is 8.27. The Morgan fingerprint density at radius 3 is 2.82 bits per heavy atom. The van der Waals surface area contributed by atoms with Crippen molar-refractivity contribution in [3.05, 3.63) is 38.7 Å². The van der Waals surface area contributed by atoms with E-state index in [1.807, 2.05) is 0 Å². The average molecular weight is 189 g/mol. The summed E-state index contributed by atoms with van der Waals surface area (Å²) in [6.07, 6.45) is 0. The number of halogens is 2. The van der Waals surface area contributed by atoms with E-state index in [1.54, 1.807) is 18.2 Å². The van der Waals surface area contributed by atoms with Crippen LogP contribution < -0.4 is 0 Å². The van der Waals surface area contributed by atoms with Gasteiger partial charge < -0.3 is 0 Å². The summed E-state index contributed by atoms with van der Waals surface area (Å²) in [4.78, 5) is 2.61. The Bertz CT molecular complexity index is 318. The predicted molar refractivity (Wildman–Crippen MR) is 40.8 cm³/mol. The molecule has 0 radical (unpaired) electrons. The minimum atomic E-state index is 0.437. The first-order valence-electron chi connectivity index (χ1n) is 2.75. The van der Waals surface area contributed by atoms with Crippen LogP contribution in [0.5, 0.6) is 0 Å². The Labute approximate surface area is 73.2 Å². The number of azide groups is 1. The van der Waals surface area contributed by atoms with Crippen LogP contribution in [-0.2, 0) is 0 Å². The first kappa shape index (κ1) is 8.21. The molecule has 0 bridgehead atoms. The van der Waals surface area contributed by atoms with Gasteiger partial charge in [-0.15, -0.1) is 0 Å². The summed E-state index contributed by atoms with van der Waals surface area (Å²) in [7, 11) is 0. The predicted octanol–water partition coefficient (Wildman–Crippen LogP) is 2.98. The fourth-order valence-corrected chi connectivity index (χ4v) is 1.09. The third kappa shape index (κ3) is 2.02. The molecular formula is C6H4Cl2N3+. The second kappa shape index (κ2) is 3.49. The number of benzene rings is 1. The minimum Gasteiger partial charge on any atom is -0.0841 e. The van der Waals surface area contributed by atoms with Crippen LogP contribution in [0.1, 0.15) is 0 Å². The molecule has 0 aromatic heterocycles. The third-order valence-electron chi connectivity index (χ3n) is 1.07. The number of nitrogens with zero attached hydrogens (tertiary/aromatic N) is 3. The second-order valence-corrected chi connectivity index (χ2v) is 2.68. The van der Waals surface area contributed by atoms with E-state index in [2.05, 4.69) is 10.0 Å². The van der Waals surface area contributed by atoms with Crippen molar-refractivity contribution >= 4 is 17.3 Å². The van der Waals surface area contributed by atoms with Crippen molar-refractivity contribution in [2.24, 2.45) is 5.11 Å². The van der Waals surface area contributed by atoms with Crippen molar-refractivity contribution in [3.8, 4) is 0 Å². The highest BCUT2D eigenvalue weighted by molar-refractivity contribution is 6.30. The Balaban J connectivity index is 3.19. The van der Waals surface area contributed by atoms with Gasteiger partial charge in [-0.1, -0.05) is 16.7 Å². The molecular weight excluding hydrogens is 185 g/mol. The molecule has 0 unspecified atom stereocenters. The Kier molecular flexibility index (Phi) is 2.60. The third-order valence-corrected chi connectivity index (χ3v) is 1.64. The van der Waals surface area contributed by atoms with Crippen LogP contribution in [0.25, 0.3) is 10.4 Å². The van der Waals surface area contributed by atoms with Gasteiger partial charge in [0.15, 0.2) is 11.6 Å². The molecule has 0 N–H and O–H groups in total. The lowest BCUT2D eigenvalue weighted by Gasteiger charge is -1.89. The molecule has 0 aliphatic heterocycles. The molecule has 1 aromatic carbocycles. The smallest absolute Gasteiger partial charge is 0.0841 e. The molecule has 0 saturated carbocycles. The van der Waals surface area contributed by atoms with Crippen LogP contribution in [0, 0.1) is 11.6 Å². The quantitative estimate of drug-likeness (QED) is 0.370. The van der Waals surface area contributed by atoms with Crippen LogP contribution in [0.2, 0.25) is 10.0 Å². The van der Waals surface area contributed by atoms with E-state index in [0.29, 0.717) is 15.7 Å². The second-order valence-electron chi connectivity index (χ2n) is 1.80. The summed E-state index contributed by atoms with van der Waals surface area (Å²) in [5, 5.41) is 4.38. The topological polar surface area (TPSA) is 48.8 Å². The number of hydrogen-bond donors (Lipinski definition) is 0. The summed E-state index contributed by atoms with van der Waals surface area (Å²) < 4.78 is 0. The van der Waals surface area contributed by atoms with Gasteiger partial charge in [-0.2, -0.15) is 0 Å². The minimum absolute atomic E-state index is 0.437. The van der Waals surface area contributed by atoms with Gasteiger partial charge >= 0.3 is 0 Å². The molecule has 0 saturated heterocycles. The lowest BCUT2D eigenvalue weighted by Crippen LogP contribution is -1.70. The highest BCUT2D eigenvalue weighted by atomic mass is 35.5. The molecule has 11 heavy (non-hydrogen) atoms. The van der Waals surface area contributed by atoms with Crippen molar-refractivity contribution in [1.29, 1.82) is 0 Å². The summed E-state index contributed by atoms with van der Waals surface area (Å²) in [6.45, 7) is 0. The maximum atomic E-state index is 8.09. The van der Waals surface area contributed by atoms with E-state index in [-0.39, 0.29) is 0 Å². The van der Waals surface area contributed by atoms with Gasteiger partial charge in [-0.25, -0.2) is 0 Å². The lowest BCUT2D eigenvalue weighted by atomic mass is 10.3. The van der Waals surface area contributed by atoms with Crippen LogP contribution in [0.4, 0.5) is 5.69 Å². The van der Waals surface area contributed by atoms with Crippen LogP contribution in [0.15, 0.2) is 23.3 Å². The van der Waals surface area contributed by atoms with Crippen molar-refractivity contribution in [2.75, 3.05) is 0 Å². The van der Waals surface area contributed by atoms with E-state index in [1.165, 1.54) is 0 Å². The Morgan fingerprint density at radius 2 is 2.27 bits per heavy atom. The standard InChI is InChI=1S/C6H4Cl2N3/c7-4-1-2-6(10-11-9)5(8)3-4/h1-3,8H/q+1.